The van der Waals surface area contributed by atoms with Gasteiger partial charge in [0.15, 0.2) is 0 Å². The summed E-state index contributed by atoms with van der Waals surface area (Å²) in [5.41, 5.74) is 3.25. The van der Waals surface area contributed by atoms with Crippen LogP contribution in [0.5, 0.6) is 0 Å². The van der Waals surface area contributed by atoms with Crippen LogP contribution in [0.3, 0.4) is 0 Å². The van der Waals surface area contributed by atoms with E-state index in [1.165, 1.54) is 11.3 Å². The van der Waals surface area contributed by atoms with Crippen molar-refractivity contribution in [1.29, 1.82) is 0 Å². The molecule has 3 heteroatoms. The van der Waals surface area contributed by atoms with E-state index in [4.69, 9.17) is 11.6 Å². The van der Waals surface area contributed by atoms with E-state index < -0.39 is 6.10 Å². The van der Waals surface area contributed by atoms with Crippen molar-refractivity contribution in [2.45, 2.75) is 20.0 Å². The van der Waals surface area contributed by atoms with Crippen molar-refractivity contribution >= 4 is 22.9 Å². The summed E-state index contributed by atoms with van der Waals surface area (Å²) in [5, 5.41) is 10.2. The zero-order valence-electron chi connectivity index (χ0n) is 9.20. The van der Waals surface area contributed by atoms with Gasteiger partial charge in [-0.2, -0.15) is 0 Å². The lowest BCUT2D eigenvalue weighted by Gasteiger charge is -2.10. The van der Waals surface area contributed by atoms with Crippen LogP contribution in [0.15, 0.2) is 30.3 Å². The molecule has 0 aliphatic rings. The first-order chi connectivity index (χ1) is 7.56. The van der Waals surface area contributed by atoms with Crippen molar-refractivity contribution < 1.29 is 5.11 Å². The van der Waals surface area contributed by atoms with Crippen LogP contribution in [-0.2, 0) is 0 Å². The fraction of sp³-hybridized carbons (Fsp3) is 0.231. The van der Waals surface area contributed by atoms with E-state index in [1.807, 2.05) is 38.1 Å². The summed E-state index contributed by atoms with van der Waals surface area (Å²) >= 11 is 7.28. The number of aliphatic hydroxyl groups is 1. The molecule has 1 N–H and O–H groups in total. The summed E-state index contributed by atoms with van der Waals surface area (Å²) in [6.45, 7) is 4.06. The van der Waals surface area contributed by atoms with E-state index in [-0.39, 0.29) is 0 Å². The van der Waals surface area contributed by atoms with Crippen LogP contribution in [0.1, 0.15) is 27.7 Å². The molecule has 0 saturated carbocycles. The van der Waals surface area contributed by atoms with Crippen molar-refractivity contribution in [3.05, 3.63) is 56.2 Å². The molecular weight excluding hydrogens is 240 g/mol. The average molecular weight is 253 g/mol. The third kappa shape index (κ3) is 2.46. The molecule has 0 bridgehead atoms. The lowest BCUT2D eigenvalue weighted by atomic mass is 10.0. The van der Waals surface area contributed by atoms with Crippen LogP contribution >= 0.6 is 22.9 Å². The summed E-state index contributed by atoms with van der Waals surface area (Å²) in [7, 11) is 0. The molecule has 1 atom stereocenters. The molecule has 0 radical (unpaired) electrons. The Morgan fingerprint density at radius 2 is 1.75 bits per heavy atom. The van der Waals surface area contributed by atoms with Gasteiger partial charge in [-0.1, -0.05) is 40.9 Å². The van der Waals surface area contributed by atoms with Gasteiger partial charge >= 0.3 is 0 Å². The molecule has 16 heavy (non-hydrogen) atoms. The van der Waals surface area contributed by atoms with Gasteiger partial charge in [0.25, 0.3) is 0 Å². The van der Waals surface area contributed by atoms with Gasteiger partial charge in [0.05, 0.1) is 4.34 Å². The maximum Gasteiger partial charge on any atom is 0.113 e. The number of aryl methyl sites for hydroxylation is 2. The Hall–Kier alpha value is -0.830. The number of hydrogen-bond acceptors (Lipinski definition) is 2. The molecule has 0 amide bonds. The molecule has 0 aliphatic heterocycles. The minimum Gasteiger partial charge on any atom is -0.383 e. The molecule has 1 aromatic carbocycles. The Bertz CT molecular complexity index is 484. The van der Waals surface area contributed by atoms with Gasteiger partial charge in [0, 0.05) is 4.88 Å². The Kier molecular flexibility index (Phi) is 3.33. The smallest absolute Gasteiger partial charge is 0.113 e. The van der Waals surface area contributed by atoms with E-state index in [1.54, 1.807) is 0 Å². The Morgan fingerprint density at radius 3 is 2.25 bits per heavy atom. The summed E-state index contributed by atoms with van der Waals surface area (Å²) in [6, 6.07) is 9.79. The van der Waals surface area contributed by atoms with Gasteiger partial charge in [-0.15, -0.1) is 11.3 Å². The minimum atomic E-state index is -0.573. The summed E-state index contributed by atoms with van der Waals surface area (Å²) in [4.78, 5) is 0.884. The maximum absolute atomic E-state index is 10.2. The molecule has 0 fully saturated rings. The number of thiophene rings is 1. The third-order valence-electron chi connectivity index (χ3n) is 2.42. The fourth-order valence-electron chi connectivity index (χ4n) is 1.81. The van der Waals surface area contributed by atoms with Crippen molar-refractivity contribution in [3.8, 4) is 0 Å². The molecule has 2 aromatic rings. The first-order valence-corrected chi connectivity index (χ1v) is 6.27. The van der Waals surface area contributed by atoms with E-state index in [9.17, 15) is 5.11 Å². The molecule has 1 nitrogen and oxygen atoms in total. The molecule has 84 valence electrons. The number of hydrogen-bond donors (Lipinski definition) is 1. The third-order valence-corrected chi connectivity index (χ3v) is 3.71. The second-order valence-electron chi connectivity index (χ2n) is 3.97. The molecule has 0 saturated heterocycles. The molecule has 1 unspecified atom stereocenters. The lowest BCUT2D eigenvalue weighted by molar-refractivity contribution is 0.224. The van der Waals surface area contributed by atoms with E-state index in [0.717, 1.165) is 21.6 Å². The quantitative estimate of drug-likeness (QED) is 0.853. The lowest BCUT2D eigenvalue weighted by Crippen LogP contribution is -1.98. The topological polar surface area (TPSA) is 20.2 Å². The summed E-state index contributed by atoms with van der Waals surface area (Å²) in [6.07, 6.45) is -0.573. The predicted octanol–water partition coefficient (Wildman–Crippen LogP) is 4.10. The van der Waals surface area contributed by atoms with Crippen molar-refractivity contribution in [2.75, 3.05) is 0 Å². The SMILES string of the molecule is Cc1cc(C)cc(C(O)c2ccc(Cl)s2)c1. The normalized spacial score (nSPS) is 12.8. The van der Waals surface area contributed by atoms with Gasteiger partial charge < -0.3 is 5.11 Å². The number of rotatable bonds is 2. The predicted molar refractivity (Wildman–Crippen MR) is 69.3 cm³/mol. The number of aliphatic hydroxyl groups excluding tert-OH is 1. The largest absolute Gasteiger partial charge is 0.383 e. The van der Waals surface area contributed by atoms with E-state index >= 15 is 0 Å². The molecule has 1 aromatic heterocycles. The molecule has 2 rings (SSSR count). The monoisotopic (exact) mass is 252 g/mol. The number of benzene rings is 1. The highest BCUT2D eigenvalue weighted by atomic mass is 35.5. The zero-order valence-corrected chi connectivity index (χ0v) is 10.8. The van der Waals surface area contributed by atoms with Crippen LogP contribution in [0.2, 0.25) is 4.34 Å². The van der Waals surface area contributed by atoms with Gasteiger partial charge in [-0.25, -0.2) is 0 Å². The zero-order chi connectivity index (χ0) is 11.7. The maximum atomic E-state index is 10.2. The van der Waals surface area contributed by atoms with Crippen molar-refractivity contribution in [3.63, 3.8) is 0 Å². The highest BCUT2D eigenvalue weighted by Gasteiger charge is 2.13. The average Bonchev–Trinajstić information content (AvgIpc) is 2.62. The summed E-state index contributed by atoms with van der Waals surface area (Å²) in [5.74, 6) is 0. The highest BCUT2D eigenvalue weighted by molar-refractivity contribution is 7.16. The Morgan fingerprint density at radius 1 is 1.12 bits per heavy atom. The molecule has 1 heterocycles. The van der Waals surface area contributed by atoms with Gasteiger partial charge in [0.1, 0.15) is 6.10 Å². The van der Waals surface area contributed by atoms with E-state index in [2.05, 4.69) is 6.07 Å². The fourth-order valence-corrected chi connectivity index (χ4v) is 2.88. The first-order valence-electron chi connectivity index (χ1n) is 5.08. The highest BCUT2D eigenvalue weighted by Crippen LogP contribution is 2.31. The van der Waals surface area contributed by atoms with Gasteiger partial charge in [-0.3, -0.25) is 0 Å². The van der Waals surface area contributed by atoms with Crippen molar-refractivity contribution in [2.24, 2.45) is 0 Å². The Labute approximate surface area is 104 Å². The molecular formula is C13H13ClOS. The van der Waals surface area contributed by atoms with E-state index in [0.29, 0.717) is 4.34 Å². The van der Waals surface area contributed by atoms with Crippen LogP contribution < -0.4 is 0 Å². The summed E-state index contributed by atoms with van der Waals surface area (Å²) < 4.78 is 0.707. The van der Waals surface area contributed by atoms with Gasteiger partial charge in [0.2, 0.25) is 0 Å². The molecule has 0 aliphatic carbocycles. The Balaban J connectivity index is 2.37. The van der Waals surface area contributed by atoms with Gasteiger partial charge in [-0.05, 0) is 31.5 Å². The van der Waals surface area contributed by atoms with Crippen LogP contribution in [0.25, 0.3) is 0 Å². The standard InChI is InChI=1S/C13H13ClOS/c1-8-5-9(2)7-10(6-8)13(15)11-3-4-12(14)16-11/h3-7,13,15H,1-2H3. The second-order valence-corrected chi connectivity index (χ2v) is 5.71. The minimum absolute atomic E-state index is 0.573. The first kappa shape index (κ1) is 11.6. The number of halogens is 1. The van der Waals surface area contributed by atoms with Crippen LogP contribution in [0, 0.1) is 13.8 Å². The molecule has 0 spiro atoms. The van der Waals surface area contributed by atoms with Crippen LogP contribution in [0.4, 0.5) is 0 Å². The second kappa shape index (κ2) is 4.58. The van der Waals surface area contributed by atoms with Crippen LogP contribution in [-0.4, -0.2) is 5.11 Å². The van der Waals surface area contributed by atoms with Crippen molar-refractivity contribution in [1.82, 2.24) is 0 Å².